The number of rotatable bonds is 7. The molecular weight excluding hydrogens is 384 g/mol. The molecule has 8 heteroatoms. The van der Waals surface area contributed by atoms with Crippen LogP contribution in [-0.4, -0.2) is 37.5 Å². The molecule has 0 saturated heterocycles. The SMILES string of the molecule is O=C(COC(=O)CCN1C(=O)COc2ccccc21)NCc1cccc(Cl)c1. The Kier molecular flexibility index (Phi) is 6.49. The second-order valence-electron chi connectivity index (χ2n) is 6.12. The van der Waals surface area contributed by atoms with Crippen molar-refractivity contribution in [1.29, 1.82) is 0 Å². The highest BCUT2D eigenvalue weighted by atomic mass is 35.5. The zero-order valence-electron chi connectivity index (χ0n) is 15.0. The number of benzene rings is 2. The molecule has 0 fully saturated rings. The van der Waals surface area contributed by atoms with Crippen molar-refractivity contribution < 1.29 is 23.9 Å². The number of ether oxygens (including phenoxy) is 2. The molecule has 146 valence electrons. The van der Waals surface area contributed by atoms with Crippen LogP contribution in [-0.2, 0) is 25.7 Å². The fraction of sp³-hybridized carbons (Fsp3) is 0.250. The summed E-state index contributed by atoms with van der Waals surface area (Å²) in [6.07, 6.45) is -0.0261. The molecule has 2 amide bonds. The van der Waals surface area contributed by atoms with Crippen LogP contribution in [0, 0.1) is 0 Å². The third-order valence-electron chi connectivity index (χ3n) is 4.09. The Hall–Kier alpha value is -3.06. The van der Waals surface area contributed by atoms with Crippen LogP contribution in [0.2, 0.25) is 5.02 Å². The van der Waals surface area contributed by atoms with Crippen LogP contribution in [0.15, 0.2) is 48.5 Å². The van der Waals surface area contributed by atoms with Crippen molar-refractivity contribution in [2.24, 2.45) is 0 Å². The minimum Gasteiger partial charge on any atom is -0.482 e. The first kappa shape index (κ1) is 19.7. The van der Waals surface area contributed by atoms with Crippen molar-refractivity contribution in [2.45, 2.75) is 13.0 Å². The summed E-state index contributed by atoms with van der Waals surface area (Å²) in [7, 11) is 0. The van der Waals surface area contributed by atoms with E-state index >= 15 is 0 Å². The van der Waals surface area contributed by atoms with Gasteiger partial charge in [0.15, 0.2) is 13.2 Å². The van der Waals surface area contributed by atoms with Gasteiger partial charge in [0.1, 0.15) is 5.75 Å². The van der Waals surface area contributed by atoms with Gasteiger partial charge in [-0.15, -0.1) is 0 Å². The van der Waals surface area contributed by atoms with E-state index in [1.54, 1.807) is 36.4 Å². The molecule has 28 heavy (non-hydrogen) atoms. The van der Waals surface area contributed by atoms with Gasteiger partial charge >= 0.3 is 5.97 Å². The molecule has 7 nitrogen and oxygen atoms in total. The van der Waals surface area contributed by atoms with Crippen molar-refractivity contribution >= 4 is 35.1 Å². The molecule has 0 atom stereocenters. The zero-order chi connectivity index (χ0) is 19.9. The van der Waals surface area contributed by atoms with Crippen molar-refractivity contribution in [3.8, 4) is 5.75 Å². The van der Waals surface area contributed by atoms with Crippen molar-refractivity contribution in [3.05, 3.63) is 59.1 Å². The number of para-hydroxylation sites is 2. The zero-order valence-corrected chi connectivity index (χ0v) is 15.8. The molecule has 1 heterocycles. The summed E-state index contributed by atoms with van der Waals surface area (Å²) in [5.41, 5.74) is 1.46. The van der Waals surface area contributed by atoms with Gasteiger partial charge < -0.3 is 19.7 Å². The van der Waals surface area contributed by atoms with Crippen LogP contribution in [0.1, 0.15) is 12.0 Å². The maximum absolute atomic E-state index is 12.1. The van der Waals surface area contributed by atoms with Gasteiger partial charge in [0.05, 0.1) is 12.1 Å². The second kappa shape index (κ2) is 9.23. The maximum Gasteiger partial charge on any atom is 0.308 e. The highest BCUT2D eigenvalue weighted by molar-refractivity contribution is 6.30. The van der Waals surface area contributed by atoms with Crippen molar-refractivity contribution in [2.75, 3.05) is 24.7 Å². The molecule has 0 aromatic heterocycles. The predicted molar refractivity (Wildman–Crippen MR) is 103 cm³/mol. The molecule has 0 unspecified atom stereocenters. The highest BCUT2D eigenvalue weighted by Gasteiger charge is 2.25. The summed E-state index contributed by atoms with van der Waals surface area (Å²) >= 11 is 5.89. The number of hydrogen-bond acceptors (Lipinski definition) is 5. The van der Waals surface area contributed by atoms with Gasteiger partial charge in [-0.05, 0) is 29.8 Å². The van der Waals surface area contributed by atoms with Crippen LogP contribution in [0.5, 0.6) is 5.75 Å². The van der Waals surface area contributed by atoms with Crippen LogP contribution in [0.3, 0.4) is 0 Å². The average molecular weight is 403 g/mol. The largest absolute Gasteiger partial charge is 0.482 e. The van der Waals surface area contributed by atoms with Gasteiger partial charge in [-0.1, -0.05) is 35.9 Å². The van der Waals surface area contributed by atoms with E-state index in [2.05, 4.69) is 5.32 Å². The molecule has 0 bridgehead atoms. The first-order chi connectivity index (χ1) is 13.5. The molecule has 2 aromatic rings. The van der Waals surface area contributed by atoms with Gasteiger partial charge in [0, 0.05) is 18.1 Å². The lowest BCUT2D eigenvalue weighted by molar-refractivity contribution is -0.148. The molecule has 3 rings (SSSR count). The van der Waals surface area contributed by atoms with Crippen molar-refractivity contribution in [1.82, 2.24) is 5.32 Å². The van der Waals surface area contributed by atoms with E-state index in [9.17, 15) is 14.4 Å². The van der Waals surface area contributed by atoms with Gasteiger partial charge in [0.25, 0.3) is 11.8 Å². The van der Waals surface area contributed by atoms with Gasteiger partial charge in [0.2, 0.25) is 0 Å². The summed E-state index contributed by atoms with van der Waals surface area (Å²) in [5.74, 6) is -0.613. The Balaban J connectivity index is 1.42. The lowest BCUT2D eigenvalue weighted by Gasteiger charge is -2.28. The van der Waals surface area contributed by atoms with Crippen molar-refractivity contribution in [3.63, 3.8) is 0 Å². The minimum atomic E-state index is -0.560. The lowest BCUT2D eigenvalue weighted by atomic mass is 10.2. The third kappa shape index (κ3) is 5.23. The van der Waals surface area contributed by atoms with Crippen LogP contribution >= 0.6 is 11.6 Å². The molecule has 0 saturated carbocycles. The van der Waals surface area contributed by atoms with Gasteiger partial charge in [-0.2, -0.15) is 0 Å². The Bertz CT molecular complexity index is 886. The summed E-state index contributed by atoms with van der Waals surface area (Å²) in [4.78, 5) is 37.3. The molecule has 0 spiro atoms. The number of nitrogens with zero attached hydrogens (tertiary/aromatic N) is 1. The summed E-state index contributed by atoms with van der Waals surface area (Å²) in [5, 5.41) is 3.23. The van der Waals surface area contributed by atoms with E-state index in [1.165, 1.54) is 4.90 Å². The Labute approximate surface area is 167 Å². The number of anilines is 1. The van der Waals surface area contributed by atoms with Gasteiger partial charge in [-0.25, -0.2) is 0 Å². The molecule has 1 aliphatic rings. The summed E-state index contributed by atoms with van der Waals surface area (Å²) < 4.78 is 10.3. The third-order valence-corrected chi connectivity index (χ3v) is 4.33. The highest BCUT2D eigenvalue weighted by Crippen LogP contribution is 2.31. The Morgan fingerprint density at radius 2 is 2.00 bits per heavy atom. The second-order valence-corrected chi connectivity index (χ2v) is 6.56. The van der Waals surface area contributed by atoms with E-state index in [0.717, 1.165) is 5.56 Å². The molecular formula is C20H19ClN2O5. The van der Waals surface area contributed by atoms with Crippen LogP contribution in [0.25, 0.3) is 0 Å². The Morgan fingerprint density at radius 3 is 2.82 bits per heavy atom. The number of amides is 2. The molecule has 0 radical (unpaired) electrons. The number of carbonyl (C=O) groups excluding carboxylic acids is 3. The smallest absolute Gasteiger partial charge is 0.308 e. The molecule has 0 aliphatic carbocycles. The van der Waals surface area contributed by atoms with Crippen LogP contribution < -0.4 is 15.0 Å². The van der Waals surface area contributed by atoms with E-state index in [0.29, 0.717) is 16.5 Å². The fourth-order valence-electron chi connectivity index (χ4n) is 2.72. The topological polar surface area (TPSA) is 84.9 Å². The summed E-state index contributed by atoms with van der Waals surface area (Å²) in [6, 6.07) is 14.2. The lowest BCUT2D eigenvalue weighted by Crippen LogP contribution is -2.40. The predicted octanol–water partition coefficient (Wildman–Crippen LogP) is 2.32. The van der Waals surface area contributed by atoms with E-state index < -0.39 is 11.9 Å². The van der Waals surface area contributed by atoms with E-state index in [-0.39, 0.29) is 38.6 Å². The first-order valence-corrected chi connectivity index (χ1v) is 9.09. The number of halogens is 1. The summed E-state index contributed by atoms with van der Waals surface area (Å²) in [6.45, 7) is -0.0107. The number of hydrogen-bond donors (Lipinski definition) is 1. The quantitative estimate of drug-likeness (QED) is 0.718. The fourth-order valence-corrected chi connectivity index (χ4v) is 2.93. The van der Waals surface area contributed by atoms with E-state index in [4.69, 9.17) is 21.1 Å². The normalized spacial score (nSPS) is 12.8. The molecule has 1 N–H and O–H groups in total. The monoisotopic (exact) mass is 402 g/mol. The Morgan fingerprint density at radius 1 is 1.18 bits per heavy atom. The minimum absolute atomic E-state index is 0.0261. The maximum atomic E-state index is 12.1. The van der Waals surface area contributed by atoms with Gasteiger partial charge in [-0.3, -0.25) is 14.4 Å². The number of esters is 1. The standard InChI is InChI=1S/C20H19ClN2O5/c21-15-5-3-4-14(10-15)11-22-18(24)12-28-20(26)8-9-23-16-6-1-2-7-17(16)27-13-19(23)25/h1-7,10H,8-9,11-13H2,(H,22,24). The molecule has 1 aliphatic heterocycles. The first-order valence-electron chi connectivity index (χ1n) is 8.72. The average Bonchev–Trinajstić information content (AvgIpc) is 2.70. The number of carbonyl (C=O) groups is 3. The molecule has 2 aromatic carbocycles. The van der Waals surface area contributed by atoms with E-state index in [1.807, 2.05) is 12.1 Å². The number of nitrogens with one attached hydrogen (secondary N) is 1. The van der Waals surface area contributed by atoms with Crippen LogP contribution in [0.4, 0.5) is 5.69 Å². The number of fused-ring (bicyclic) bond motifs is 1.